The van der Waals surface area contributed by atoms with E-state index in [2.05, 4.69) is 24.8 Å². The van der Waals surface area contributed by atoms with Gasteiger partial charge in [0.15, 0.2) is 0 Å². The number of carbonyl (C=O) groups excluding carboxylic acids is 1. The van der Waals surface area contributed by atoms with Gasteiger partial charge in [-0.05, 0) is 37.0 Å². The summed E-state index contributed by atoms with van der Waals surface area (Å²) >= 11 is 12.3. The fourth-order valence-electron chi connectivity index (χ4n) is 6.57. The quantitative estimate of drug-likeness (QED) is 0.516. The lowest BCUT2D eigenvalue weighted by Gasteiger charge is -2.51. The zero-order valence-electron chi connectivity index (χ0n) is 18.8. The highest BCUT2D eigenvalue weighted by atomic mass is 35.5. The Balaban J connectivity index is 1.27. The zero-order chi connectivity index (χ0) is 22.6. The molecule has 0 aromatic heterocycles. The fourth-order valence-corrected chi connectivity index (χ4v) is 6.87. The molecule has 2 saturated heterocycles. The molecule has 174 valence electrons. The van der Waals surface area contributed by atoms with Crippen molar-refractivity contribution in [2.24, 2.45) is 23.2 Å². The summed E-state index contributed by atoms with van der Waals surface area (Å²) in [5, 5.41) is 12.7. The number of nitrogens with one attached hydrogen (secondary N) is 1. The predicted octanol–water partition coefficient (Wildman–Crippen LogP) is 2.98. The lowest BCUT2D eigenvalue weighted by molar-refractivity contribution is -0.903. The van der Waals surface area contributed by atoms with Gasteiger partial charge in [-0.3, -0.25) is 4.79 Å². The van der Waals surface area contributed by atoms with E-state index < -0.39 is 6.10 Å². The second kappa shape index (κ2) is 8.50. The van der Waals surface area contributed by atoms with Crippen LogP contribution in [0.2, 0.25) is 10.0 Å². The Kier molecular flexibility index (Phi) is 5.98. The first-order chi connectivity index (χ1) is 15.3. The Hall–Kier alpha value is -1.27. The molecule has 5 rings (SSSR count). The highest BCUT2D eigenvalue weighted by Gasteiger charge is 2.60. The average Bonchev–Trinajstić information content (AvgIpc) is 3.08. The molecule has 1 aromatic rings. The number of carbonyl (C=O) groups is 1. The van der Waals surface area contributed by atoms with Gasteiger partial charge in [0.25, 0.3) is 0 Å². The minimum Gasteiger partial charge on any atom is -0.461 e. The van der Waals surface area contributed by atoms with Gasteiger partial charge in [0, 0.05) is 23.4 Å². The summed E-state index contributed by atoms with van der Waals surface area (Å²) in [5.41, 5.74) is 2.13. The molecule has 7 heteroatoms. The number of hydrogen-bond acceptors (Lipinski definition) is 4. The lowest BCUT2D eigenvalue weighted by Crippen LogP contribution is -3.15. The molecule has 0 bridgehead atoms. The van der Waals surface area contributed by atoms with Crippen LogP contribution >= 0.6 is 23.2 Å². The average molecular weight is 480 g/mol. The van der Waals surface area contributed by atoms with Crippen LogP contribution in [0.15, 0.2) is 29.8 Å². The third kappa shape index (κ3) is 3.66. The molecular weight excluding hydrogens is 447 g/mol. The molecule has 0 spiro atoms. The minimum atomic E-state index is -0.531. The number of esters is 1. The maximum absolute atomic E-state index is 12.9. The Morgan fingerprint density at radius 2 is 2.00 bits per heavy atom. The molecule has 0 radical (unpaired) electrons. The largest absolute Gasteiger partial charge is 0.461 e. The Labute approximate surface area is 200 Å². The van der Waals surface area contributed by atoms with Crippen molar-refractivity contribution >= 4 is 34.9 Å². The SMILES string of the molecule is C[C@H]1CCC=C2C[C@H]3OC(=O)[C@@H](C[NH+]4CCN(c5ccc(Cl)c(Cl)c5)CC4)[C@H]3[C@H](O)[C@@]21C. The smallest absolute Gasteiger partial charge is 0.315 e. The number of aliphatic hydroxyl groups is 1. The summed E-state index contributed by atoms with van der Waals surface area (Å²) in [6.45, 7) is 8.85. The molecule has 2 N–H and O–H groups in total. The number of aliphatic hydroxyl groups excluding tert-OH is 1. The van der Waals surface area contributed by atoms with Gasteiger partial charge in [-0.2, -0.15) is 0 Å². The highest BCUT2D eigenvalue weighted by molar-refractivity contribution is 6.42. The molecule has 4 aliphatic rings. The third-order valence-electron chi connectivity index (χ3n) is 8.82. The van der Waals surface area contributed by atoms with E-state index in [1.54, 1.807) is 0 Å². The van der Waals surface area contributed by atoms with Crippen LogP contribution in [-0.4, -0.2) is 56.0 Å². The number of fused-ring (bicyclic) bond motifs is 2. The number of benzene rings is 1. The van der Waals surface area contributed by atoms with Crippen LogP contribution in [0.1, 0.15) is 33.1 Å². The molecule has 3 fully saturated rings. The van der Waals surface area contributed by atoms with E-state index in [1.807, 2.05) is 18.2 Å². The van der Waals surface area contributed by atoms with Crippen LogP contribution in [0.3, 0.4) is 0 Å². The monoisotopic (exact) mass is 479 g/mol. The molecule has 0 unspecified atom stereocenters. The van der Waals surface area contributed by atoms with Gasteiger partial charge < -0.3 is 19.6 Å². The first-order valence-electron chi connectivity index (χ1n) is 11.9. The van der Waals surface area contributed by atoms with E-state index >= 15 is 0 Å². The maximum atomic E-state index is 12.9. The van der Waals surface area contributed by atoms with Crippen molar-refractivity contribution in [3.8, 4) is 0 Å². The van der Waals surface area contributed by atoms with Crippen LogP contribution in [0.5, 0.6) is 0 Å². The first-order valence-corrected chi connectivity index (χ1v) is 12.7. The van der Waals surface area contributed by atoms with E-state index in [4.69, 9.17) is 27.9 Å². The molecule has 5 nitrogen and oxygen atoms in total. The second-order valence-electron chi connectivity index (χ2n) is 10.3. The number of allylic oxidation sites excluding steroid dienone is 1. The second-order valence-corrected chi connectivity index (χ2v) is 11.2. The Bertz CT molecular complexity index is 930. The van der Waals surface area contributed by atoms with E-state index in [0.29, 0.717) is 16.0 Å². The Morgan fingerprint density at radius 3 is 2.72 bits per heavy atom. The van der Waals surface area contributed by atoms with Gasteiger partial charge >= 0.3 is 5.97 Å². The van der Waals surface area contributed by atoms with Gasteiger partial charge in [-0.15, -0.1) is 0 Å². The van der Waals surface area contributed by atoms with Crippen molar-refractivity contribution in [2.45, 2.75) is 45.3 Å². The normalized spacial score (nSPS) is 37.5. The number of piperazine rings is 1. The van der Waals surface area contributed by atoms with Crippen molar-refractivity contribution in [2.75, 3.05) is 37.6 Å². The maximum Gasteiger partial charge on any atom is 0.315 e. The molecule has 2 aliphatic carbocycles. The van der Waals surface area contributed by atoms with E-state index in [0.717, 1.165) is 57.7 Å². The molecular formula is C25H33Cl2N2O3+. The number of rotatable bonds is 3. The third-order valence-corrected chi connectivity index (χ3v) is 9.56. The summed E-state index contributed by atoms with van der Waals surface area (Å²) in [6.07, 6.45) is 4.51. The highest BCUT2D eigenvalue weighted by Crippen LogP contribution is 2.55. The van der Waals surface area contributed by atoms with Crippen LogP contribution in [0.4, 0.5) is 5.69 Å². The van der Waals surface area contributed by atoms with E-state index in [-0.39, 0.29) is 29.3 Å². The van der Waals surface area contributed by atoms with Crippen molar-refractivity contribution in [3.63, 3.8) is 0 Å². The summed E-state index contributed by atoms with van der Waals surface area (Å²) < 4.78 is 5.84. The Morgan fingerprint density at radius 1 is 1.25 bits per heavy atom. The van der Waals surface area contributed by atoms with E-state index in [1.165, 1.54) is 10.5 Å². The lowest BCUT2D eigenvalue weighted by atomic mass is 9.55. The predicted molar refractivity (Wildman–Crippen MR) is 126 cm³/mol. The molecule has 1 aromatic carbocycles. The van der Waals surface area contributed by atoms with E-state index in [9.17, 15) is 9.90 Å². The summed E-state index contributed by atoms with van der Waals surface area (Å²) in [5.74, 6) is -0.0364. The topological polar surface area (TPSA) is 54.2 Å². The van der Waals surface area contributed by atoms with Crippen molar-refractivity contribution in [1.82, 2.24) is 0 Å². The standard InChI is InChI=1S/C25H32Cl2N2O3/c1-15-4-3-5-16-12-21-22(23(30)25(15,16)2)18(24(31)32-21)14-28-8-10-29(11-9-28)17-6-7-19(26)20(27)13-17/h5-7,13,15,18,21-23,30H,3-4,8-12,14H2,1-2H3/p+1/t15-,18-,21+,22+,23-,25+/m0/s1. The molecule has 2 aliphatic heterocycles. The molecule has 6 atom stereocenters. The van der Waals surface area contributed by atoms with Gasteiger partial charge in [-0.25, -0.2) is 0 Å². The van der Waals surface area contributed by atoms with Crippen LogP contribution in [0.25, 0.3) is 0 Å². The number of quaternary nitrogens is 1. The molecule has 2 heterocycles. The first kappa shape index (κ1) is 22.5. The van der Waals surface area contributed by atoms with Gasteiger partial charge in [0.05, 0.1) is 48.9 Å². The van der Waals surface area contributed by atoms with Crippen LogP contribution < -0.4 is 9.80 Å². The summed E-state index contributed by atoms with van der Waals surface area (Å²) in [6, 6.07) is 5.77. The minimum absolute atomic E-state index is 0.106. The number of ether oxygens (including phenoxy) is 1. The van der Waals surface area contributed by atoms with Crippen molar-refractivity contribution < 1.29 is 19.5 Å². The van der Waals surface area contributed by atoms with Gasteiger partial charge in [-0.1, -0.05) is 48.7 Å². The van der Waals surface area contributed by atoms with Gasteiger partial charge in [0.1, 0.15) is 12.0 Å². The number of nitrogens with zero attached hydrogens (tertiary/aromatic N) is 1. The number of anilines is 1. The van der Waals surface area contributed by atoms with Crippen molar-refractivity contribution in [3.05, 3.63) is 39.9 Å². The summed E-state index contributed by atoms with van der Waals surface area (Å²) in [7, 11) is 0. The fraction of sp³-hybridized carbons (Fsp3) is 0.640. The van der Waals surface area contributed by atoms with Crippen molar-refractivity contribution in [1.29, 1.82) is 0 Å². The molecule has 0 amide bonds. The molecule has 1 saturated carbocycles. The number of halogens is 2. The number of hydrogen-bond donors (Lipinski definition) is 2. The van der Waals surface area contributed by atoms with Gasteiger partial charge in [0.2, 0.25) is 0 Å². The molecule has 32 heavy (non-hydrogen) atoms. The summed E-state index contributed by atoms with van der Waals surface area (Å²) in [4.78, 5) is 16.6. The van der Waals surface area contributed by atoms with Crippen LogP contribution in [0, 0.1) is 23.2 Å². The van der Waals surface area contributed by atoms with Crippen LogP contribution in [-0.2, 0) is 9.53 Å². The zero-order valence-corrected chi connectivity index (χ0v) is 20.3.